The minimum absolute atomic E-state index is 0.179. The van der Waals surface area contributed by atoms with E-state index < -0.39 is 0 Å². The summed E-state index contributed by atoms with van der Waals surface area (Å²) >= 11 is 0. The molecule has 3 nitrogen and oxygen atoms in total. The summed E-state index contributed by atoms with van der Waals surface area (Å²) in [5.41, 5.74) is 18.5. The van der Waals surface area contributed by atoms with Crippen molar-refractivity contribution in [2.45, 2.75) is 37.5 Å². The molecule has 0 bridgehead atoms. The summed E-state index contributed by atoms with van der Waals surface area (Å²) < 4.78 is 0. The first-order valence-electron chi connectivity index (χ1n) is 21.2. The highest BCUT2D eigenvalue weighted by Gasteiger charge is 2.43. The highest BCUT2D eigenvalue weighted by atomic mass is 15.0. The third kappa shape index (κ3) is 6.53. The van der Waals surface area contributed by atoms with Gasteiger partial charge in [-0.3, -0.25) is 0 Å². The average Bonchev–Trinajstić information content (AvgIpc) is 3.60. The van der Waals surface area contributed by atoms with Crippen molar-refractivity contribution >= 4 is 0 Å². The standard InChI is InChI=1S/C57H43N3/c1-4-14-39(15-5-1)40-24-28-43(29-25-40)55-58-54(42-16-6-2-7-17-42)59-56(60-55)44-30-26-41(27-31-44)45-18-12-19-46(36-45)47-20-13-21-48(37-47)49-32-33-53-51(38-49)50-22-8-9-23-52(50)57(53)34-10-3-11-35-57/h1-2,4-9,12-33,36-38H,3,10-11,34-35H2. The third-order valence-corrected chi connectivity index (χ3v) is 12.8. The zero-order chi connectivity index (χ0) is 39.9. The van der Waals surface area contributed by atoms with Crippen LogP contribution in [0.2, 0.25) is 0 Å². The van der Waals surface area contributed by atoms with Crippen molar-refractivity contribution < 1.29 is 0 Å². The van der Waals surface area contributed by atoms with Crippen LogP contribution in [0.5, 0.6) is 0 Å². The van der Waals surface area contributed by atoms with Crippen LogP contribution in [0.25, 0.3) is 89.8 Å². The highest BCUT2D eigenvalue weighted by molar-refractivity contribution is 5.86. The topological polar surface area (TPSA) is 38.7 Å². The summed E-state index contributed by atoms with van der Waals surface area (Å²) in [4.78, 5) is 15.0. The molecule has 1 fully saturated rings. The summed E-state index contributed by atoms with van der Waals surface area (Å²) in [7, 11) is 0. The molecule has 2 aliphatic rings. The van der Waals surface area contributed by atoms with E-state index in [0.717, 1.165) is 33.4 Å². The lowest BCUT2D eigenvalue weighted by atomic mass is 9.68. The van der Waals surface area contributed by atoms with Crippen molar-refractivity contribution in [2.75, 3.05) is 0 Å². The Morgan fingerprint density at radius 2 is 0.633 bits per heavy atom. The molecule has 9 aromatic rings. The van der Waals surface area contributed by atoms with Gasteiger partial charge < -0.3 is 0 Å². The fraction of sp³-hybridized carbons (Fsp3) is 0.105. The molecule has 2 aliphatic carbocycles. The summed E-state index contributed by atoms with van der Waals surface area (Å²) in [5.74, 6) is 1.95. The molecule has 1 saturated carbocycles. The van der Waals surface area contributed by atoms with Crippen LogP contribution in [-0.4, -0.2) is 15.0 Å². The maximum atomic E-state index is 5.02. The van der Waals surface area contributed by atoms with E-state index in [4.69, 9.17) is 15.0 Å². The van der Waals surface area contributed by atoms with Gasteiger partial charge in [0.05, 0.1) is 0 Å². The van der Waals surface area contributed by atoms with E-state index in [1.54, 1.807) is 0 Å². The molecule has 60 heavy (non-hydrogen) atoms. The van der Waals surface area contributed by atoms with Crippen molar-refractivity contribution in [1.29, 1.82) is 0 Å². The number of hydrogen-bond donors (Lipinski definition) is 0. The quantitative estimate of drug-likeness (QED) is 0.162. The predicted octanol–water partition coefficient (Wildman–Crippen LogP) is 14.8. The van der Waals surface area contributed by atoms with Gasteiger partial charge in [0.1, 0.15) is 0 Å². The lowest BCUT2D eigenvalue weighted by molar-refractivity contribution is 0.353. The molecule has 1 aromatic heterocycles. The third-order valence-electron chi connectivity index (χ3n) is 12.8. The van der Waals surface area contributed by atoms with Crippen LogP contribution < -0.4 is 0 Å². The van der Waals surface area contributed by atoms with E-state index >= 15 is 0 Å². The van der Waals surface area contributed by atoms with Crippen LogP contribution in [0.15, 0.2) is 200 Å². The van der Waals surface area contributed by atoms with Gasteiger partial charge in [0.25, 0.3) is 0 Å². The van der Waals surface area contributed by atoms with Crippen molar-refractivity contribution in [3.05, 3.63) is 211 Å². The smallest absolute Gasteiger partial charge is 0.164 e. The number of aromatic nitrogens is 3. The Bertz CT molecular complexity index is 2980. The van der Waals surface area contributed by atoms with Gasteiger partial charge in [-0.15, -0.1) is 0 Å². The molecule has 0 atom stereocenters. The lowest BCUT2D eigenvalue weighted by Crippen LogP contribution is -2.27. The molecule has 8 aromatic carbocycles. The fourth-order valence-corrected chi connectivity index (χ4v) is 9.70. The number of hydrogen-bond acceptors (Lipinski definition) is 3. The first kappa shape index (κ1) is 35.9. The zero-order valence-electron chi connectivity index (χ0n) is 33.4. The molecule has 0 unspecified atom stereocenters. The summed E-state index contributed by atoms with van der Waals surface area (Å²) in [5, 5.41) is 0. The van der Waals surface area contributed by atoms with E-state index in [0.29, 0.717) is 17.5 Å². The van der Waals surface area contributed by atoms with Gasteiger partial charge >= 0.3 is 0 Å². The van der Waals surface area contributed by atoms with Crippen molar-refractivity contribution in [1.82, 2.24) is 15.0 Å². The van der Waals surface area contributed by atoms with Crippen molar-refractivity contribution in [3.8, 4) is 89.8 Å². The molecule has 0 amide bonds. The molecule has 0 aliphatic heterocycles. The molecule has 0 N–H and O–H groups in total. The van der Waals surface area contributed by atoms with Crippen LogP contribution in [-0.2, 0) is 5.41 Å². The Kier molecular flexibility index (Phi) is 9.08. The molecule has 0 saturated heterocycles. The second-order valence-corrected chi connectivity index (χ2v) is 16.3. The minimum atomic E-state index is 0.179. The summed E-state index contributed by atoms with van der Waals surface area (Å²) in [6, 6.07) is 71.9. The molecule has 0 radical (unpaired) electrons. The van der Waals surface area contributed by atoms with Gasteiger partial charge in [-0.25, -0.2) is 15.0 Å². The molecule has 1 heterocycles. The molecule has 3 heteroatoms. The second-order valence-electron chi connectivity index (χ2n) is 16.3. The Labute approximate surface area is 352 Å². The van der Waals surface area contributed by atoms with Gasteiger partial charge in [0, 0.05) is 22.1 Å². The average molecular weight is 770 g/mol. The van der Waals surface area contributed by atoms with Crippen LogP contribution in [0, 0.1) is 0 Å². The molecule has 1 spiro atoms. The van der Waals surface area contributed by atoms with Crippen molar-refractivity contribution in [3.63, 3.8) is 0 Å². The number of benzene rings is 8. The minimum Gasteiger partial charge on any atom is -0.208 e. The predicted molar refractivity (Wildman–Crippen MR) is 247 cm³/mol. The van der Waals surface area contributed by atoms with E-state index in [9.17, 15) is 0 Å². The van der Waals surface area contributed by atoms with Gasteiger partial charge in [0.15, 0.2) is 17.5 Å². The van der Waals surface area contributed by atoms with E-state index in [-0.39, 0.29) is 5.41 Å². The van der Waals surface area contributed by atoms with E-state index in [1.807, 2.05) is 36.4 Å². The van der Waals surface area contributed by atoms with Gasteiger partial charge in [-0.05, 0) is 97.8 Å². The first-order valence-corrected chi connectivity index (χ1v) is 21.2. The molecule has 286 valence electrons. The number of fused-ring (bicyclic) bond motifs is 5. The zero-order valence-corrected chi connectivity index (χ0v) is 33.4. The maximum absolute atomic E-state index is 5.02. The highest BCUT2D eigenvalue weighted by Crippen LogP contribution is 2.56. The molecule has 11 rings (SSSR count). The summed E-state index contributed by atoms with van der Waals surface area (Å²) in [6.07, 6.45) is 6.47. The fourth-order valence-electron chi connectivity index (χ4n) is 9.70. The molecular formula is C57H43N3. The first-order chi connectivity index (χ1) is 29.7. The summed E-state index contributed by atoms with van der Waals surface area (Å²) in [6.45, 7) is 0. The van der Waals surface area contributed by atoms with E-state index in [2.05, 4.69) is 164 Å². The Morgan fingerprint density at radius 1 is 0.267 bits per heavy atom. The molecular weight excluding hydrogens is 727 g/mol. The maximum Gasteiger partial charge on any atom is 0.164 e. The van der Waals surface area contributed by atoms with Gasteiger partial charge in [0.2, 0.25) is 0 Å². The number of rotatable bonds is 7. The van der Waals surface area contributed by atoms with Crippen LogP contribution in [0.4, 0.5) is 0 Å². The second kappa shape index (κ2) is 15.2. The van der Waals surface area contributed by atoms with E-state index in [1.165, 1.54) is 82.2 Å². The van der Waals surface area contributed by atoms with Crippen molar-refractivity contribution in [2.24, 2.45) is 0 Å². The lowest BCUT2D eigenvalue weighted by Gasteiger charge is -2.36. The van der Waals surface area contributed by atoms with Crippen LogP contribution in [0.3, 0.4) is 0 Å². The van der Waals surface area contributed by atoms with Crippen LogP contribution >= 0.6 is 0 Å². The number of nitrogens with zero attached hydrogens (tertiary/aromatic N) is 3. The van der Waals surface area contributed by atoms with Gasteiger partial charge in [-0.1, -0.05) is 201 Å². The Morgan fingerprint density at radius 3 is 1.20 bits per heavy atom. The van der Waals surface area contributed by atoms with Gasteiger partial charge in [-0.2, -0.15) is 0 Å². The normalized spacial score (nSPS) is 13.8. The Hall–Kier alpha value is -7.23. The SMILES string of the molecule is c1ccc(-c2ccc(-c3nc(-c4ccccc4)nc(-c4ccc(-c5cccc(-c6cccc(-c7ccc8c(c7)-c7ccccc7C87CCCCC7)c6)c5)cc4)n3)cc2)cc1. The Balaban J connectivity index is 0.889. The largest absolute Gasteiger partial charge is 0.208 e. The van der Waals surface area contributed by atoms with Crippen LogP contribution in [0.1, 0.15) is 43.2 Å². The monoisotopic (exact) mass is 769 g/mol.